The summed E-state index contributed by atoms with van der Waals surface area (Å²) in [7, 11) is 0. The number of rotatable bonds is 4. The van der Waals surface area contributed by atoms with Crippen LogP contribution in [-0.2, 0) is 16.1 Å². The minimum Gasteiger partial charge on any atom is -0.381 e. The van der Waals surface area contributed by atoms with E-state index < -0.39 is 11.6 Å². The van der Waals surface area contributed by atoms with E-state index in [2.05, 4.69) is 0 Å². The lowest BCUT2D eigenvalue weighted by atomic mass is 9.98. The molecule has 0 saturated carbocycles. The fourth-order valence-electron chi connectivity index (χ4n) is 2.41. The number of nitrogens with zero attached hydrogens (tertiary/aromatic N) is 1. The van der Waals surface area contributed by atoms with E-state index in [1.54, 1.807) is 4.90 Å². The second-order valence-electron chi connectivity index (χ2n) is 4.99. The Bertz CT molecular complexity index is 473. The molecule has 0 bridgehead atoms. The van der Waals surface area contributed by atoms with Gasteiger partial charge in [-0.25, -0.2) is 8.78 Å². The summed E-state index contributed by atoms with van der Waals surface area (Å²) in [5.41, 5.74) is 0.603. The van der Waals surface area contributed by atoms with Crippen LogP contribution in [0.5, 0.6) is 0 Å². The Kier molecular flexibility index (Phi) is 5.06. The Labute approximate surface area is 117 Å². The number of carbonyl (C=O) groups excluding carboxylic acids is 1. The molecule has 0 aliphatic carbocycles. The first-order valence-electron chi connectivity index (χ1n) is 6.92. The normalized spacial score (nSPS) is 16.1. The maximum absolute atomic E-state index is 13.2. The highest BCUT2D eigenvalue weighted by molar-refractivity contribution is 5.78. The zero-order valence-electron chi connectivity index (χ0n) is 11.6. The van der Waals surface area contributed by atoms with E-state index >= 15 is 0 Å². The highest BCUT2D eigenvalue weighted by Crippen LogP contribution is 2.19. The van der Waals surface area contributed by atoms with E-state index in [1.165, 1.54) is 6.07 Å². The van der Waals surface area contributed by atoms with E-state index in [4.69, 9.17) is 4.74 Å². The summed E-state index contributed by atoms with van der Waals surface area (Å²) >= 11 is 0. The lowest BCUT2D eigenvalue weighted by Gasteiger charge is -2.28. The van der Waals surface area contributed by atoms with Gasteiger partial charge in [0.25, 0.3) is 0 Å². The van der Waals surface area contributed by atoms with Gasteiger partial charge in [0, 0.05) is 32.2 Å². The van der Waals surface area contributed by atoms with Gasteiger partial charge in [0.15, 0.2) is 11.6 Å². The van der Waals surface area contributed by atoms with Crippen LogP contribution in [0.1, 0.15) is 25.3 Å². The number of amides is 1. The predicted molar refractivity (Wildman–Crippen MR) is 71.0 cm³/mol. The molecular weight excluding hydrogens is 264 g/mol. The molecule has 110 valence electrons. The smallest absolute Gasteiger partial charge is 0.226 e. The van der Waals surface area contributed by atoms with Crippen molar-refractivity contribution in [2.45, 2.75) is 26.3 Å². The van der Waals surface area contributed by atoms with Gasteiger partial charge in [0.2, 0.25) is 5.91 Å². The molecule has 1 aromatic rings. The van der Waals surface area contributed by atoms with E-state index in [1.807, 2.05) is 6.92 Å². The van der Waals surface area contributed by atoms with Gasteiger partial charge >= 0.3 is 0 Å². The lowest BCUT2D eigenvalue weighted by molar-refractivity contribution is -0.139. The average Bonchev–Trinajstić information content (AvgIpc) is 2.48. The largest absolute Gasteiger partial charge is 0.381 e. The Morgan fingerprint density at radius 1 is 1.30 bits per heavy atom. The highest BCUT2D eigenvalue weighted by Gasteiger charge is 2.25. The molecule has 0 atom stereocenters. The summed E-state index contributed by atoms with van der Waals surface area (Å²) < 4.78 is 31.3. The second-order valence-corrected chi connectivity index (χ2v) is 4.99. The standard InChI is InChI=1S/C15H19F2NO2/c1-2-18(15(19)12-5-7-20-8-6-12)10-11-3-4-13(16)14(17)9-11/h3-4,9,12H,2,5-8,10H2,1H3. The van der Waals surface area contributed by atoms with Crippen molar-refractivity contribution >= 4 is 5.91 Å². The van der Waals surface area contributed by atoms with Gasteiger partial charge in [0.1, 0.15) is 0 Å². The Morgan fingerprint density at radius 2 is 2.00 bits per heavy atom. The molecule has 0 unspecified atom stereocenters. The molecule has 1 heterocycles. The van der Waals surface area contributed by atoms with Crippen molar-refractivity contribution in [1.82, 2.24) is 4.90 Å². The topological polar surface area (TPSA) is 29.5 Å². The number of benzene rings is 1. The summed E-state index contributed by atoms with van der Waals surface area (Å²) in [6, 6.07) is 3.75. The van der Waals surface area contributed by atoms with Crippen LogP contribution >= 0.6 is 0 Å². The van der Waals surface area contributed by atoms with Crippen molar-refractivity contribution in [1.29, 1.82) is 0 Å². The summed E-state index contributed by atoms with van der Waals surface area (Å²) in [6.07, 6.45) is 1.46. The summed E-state index contributed by atoms with van der Waals surface area (Å²) in [4.78, 5) is 14.1. The van der Waals surface area contributed by atoms with Crippen LogP contribution in [0.15, 0.2) is 18.2 Å². The molecule has 0 N–H and O–H groups in total. The third kappa shape index (κ3) is 3.54. The molecule has 0 spiro atoms. The fraction of sp³-hybridized carbons (Fsp3) is 0.533. The number of hydrogen-bond acceptors (Lipinski definition) is 2. The molecule has 1 fully saturated rings. The zero-order chi connectivity index (χ0) is 14.5. The van der Waals surface area contributed by atoms with Crippen LogP contribution in [0, 0.1) is 17.6 Å². The molecule has 5 heteroatoms. The van der Waals surface area contributed by atoms with Gasteiger partial charge in [-0.1, -0.05) is 6.07 Å². The van der Waals surface area contributed by atoms with Gasteiger partial charge < -0.3 is 9.64 Å². The molecule has 1 saturated heterocycles. The number of carbonyl (C=O) groups is 1. The van der Waals surface area contributed by atoms with Crippen molar-refractivity contribution < 1.29 is 18.3 Å². The van der Waals surface area contributed by atoms with Crippen molar-refractivity contribution in [2.75, 3.05) is 19.8 Å². The molecule has 0 radical (unpaired) electrons. The Balaban J connectivity index is 2.03. The molecule has 1 amide bonds. The molecule has 3 nitrogen and oxygen atoms in total. The van der Waals surface area contributed by atoms with Crippen LogP contribution < -0.4 is 0 Å². The number of hydrogen-bond donors (Lipinski definition) is 0. The molecule has 1 aliphatic rings. The third-order valence-electron chi connectivity index (χ3n) is 3.62. The second kappa shape index (κ2) is 6.79. The maximum atomic E-state index is 13.2. The highest BCUT2D eigenvalue weighted by atomic mass is 19.2. The molecular formula is C15H19F2NO2. The van der Waals surface area contributed by atoms with Crippen LogP contribution in [0.25, 0.3) is 0 Å². The maximum Gasteiger partial charge on any atom is 0.226 e. The number of halogens is 2. The van der Waals surface area contributed by atoms with Crippen molar-refractivity contribution in [2.24, 2.45) is 5.92 Å². The first-order chi connectivity index (χ1) is 9.61. The Morgan fingerprint density at radius 3 is 2.60 bits per heavy atom. The predicted octanol–water partition coefficient (Wildman–Crippen LogP) is 2.74. The van der Waals surface area contributed by atoms with Gasteiger partial charge in [-0.15, -0.1) is 0 Å². The fourth-order valence-corrected chi connectivity index (χ4v) is 2.41. The van der Waals surface area contributed by atoms with E-state index in [9.17, 15) is 13.6 Å². The summed E-state index contributed by atoms with van der Waals surface area (Å²) in [6.45, 7) is 3.97. The van der Waals surface area contributed by atoms with Gasteiger partial charge in [0.05, 0.1) is 0 Å². The van der Waals surface area contributed by atoms with Crippen LogP contribution in [-0.4, -0.2) is 30.6 Å². The number of ether oxygens (including phenoxy) is 1. The third-order valence-corrected chi connectivity index (χ3v) is 3.62. The molecule has 1 aromatic carbocycles. The lowest BCUT2D eigenvalue weighted by Crippen LogP contribution is -2.38. The van der Waals surface area contributed by atoms with E-state index in [0.717, 1.165) is 25.0 Å². The van der Waals surface area contributed by atoms with Crippen molar-refractivity contribution in [3.05, 3.63) is 35.4 Å². The van der Waals surface area contributed by atoms with Crippen LogP contribution in [0.3, 0.4) is 0 Å². The Hall–Kier alpha value is -1.49. The average molecular weight is 283 g/mol. The monoisotopic (exact) mass is 283 g/mol. The van der Waals surface area contributed by atoms with Crippen molar-refractivity contribution in [3.8, 4) is 0 Å². The molecule has 2 rings (SSSR count). The van der Waals surface area contributed by atoms with Gasteiger partial charge in [-0.3, -0.25) is 4.79 Å². The minimum absolute atomic E-state index is 0.0194. The molecule has 20 heavy (non-hydrogen) atoms. The van der Waals surface area contributed by atoms with Crippen LogP contribution in [0.2, 0.25) is 0 Å². The molecule has 1 aliphatic heterocycles. The first kappa shape index (κ1) is 14.9. The minimum atomic E-state index is -0.878. The quantitative estimate of drug-likeness (QED) is 0.850. The zero-order valence-corrected chi connectivity index (χ0v) is 11.6. The first-order valence-corrected chi connectivity index (χ1v) is 6.92. The summed E-state index contributed by atoms with van der Waals surface area (Å²) in [5, 5.41) is 0. The SMILES string of the molecule is CCN(Cc1ccc(F)c(F)c1)C(=O)C1CCOCC1. The van der Waals surface area contributed by atoms with E-state index in [-0.39, 0.29) is 11.8 Å². The van der Waals surface area contributed by atoms with E-state index in [0.29, 0.717) is 31.9 Å². The molecule has 0 aromatic heterocycles. The van der Waals surface area contributed by atoms with Crippen molar-refractivity contribution in [3.63, 3.8) is 0 Å². The van der Waals surface area contributed by atoms with Gasteiger partial charge in [-0.2, -0.15) is 0 Å². The summed E-state index contributed by atoms with van der Waals surface area (Å²) in [5.74, 6) is -1.70. The van der Waals surface area contributed by atoms with Gasteiger partial charge in [-0.05, 0) is 37.5 Å². The van der Waals surface area contributed by atoms with Crippen LogP contribution in [0.4, 0.5) is 8.78 Å².